The normalized spacial score (nSPS) is 18.0. The number of likely N-dealkylation sites (tertiary alicyclic amines) is 1. The molecule has 0 aliphatic carbocycles. The average Bonchev–Trinajstić information content (AvgIpc) is 2.48. The van der Waals surface area contributed by atoms with Crippen molar-refractivity contribution in [3.63, 3.8) is 0 Å². The van der Waals surface area contributed by atoms with Gasteiger partial charge < -0.3 is 4.90 Å². The van der Waals surface area contributed by atoms with Crippen molar-refractivity contribution in [2.45, 2.75) is 44.3 Å². The molecule has 1 aliphatic heterocycles. The zero-order chi connectivity index (χ0) is 14.4. The van der Waals surface area contributed by atoms with Crippen molar-refractivity contribution >= 4 is 18.5 Å². The Balaban J connectivity index is 1.82. The van der Waals surface area contributed by atoms with Crippen LogP contribution >= 0.6 is 12.6 Å². The van der Waals surface area contributed by atoms with Crippen LogP contribution in [-0.2, 0) is 11.2 Å². The monoisotopic (exact) mass is 291 g/mol. The summed E-state index contributed by atoms with van der Waals surface area (Å²) in [5.41, 5.74) is 1.18. The van der Waals surface area contributed by atoms with Gasteiger partial charge in [0, 0.05) is 13.1 Å². The number of carbonyl (C=O) groups excluding carboxylic acids is 1. The summed E-state index contributed by atoms with van der Waals surface area (Å²) in [7, 11) is 0. The predicted octanol–water partition coefficient (Wildman–Crippen LogP) is 3.57. The van der Waals surface area contributed by atoms with E-state index in [4.69, 9.17) is 0 Å². The summed E-state index contributed by atoms with van der Waals surface area (Å²) in [4.78, 5) is 14.4. The molecular formula is C17H25NOS. The molecule has 2 nitrogen and oxygen atoms in total. The molecule has 0 N–H and O–H groups in total. The molecule has 0 spiro atoms. The van der Waals surface area contributed by atoms with Crippen molar-refractivity contribution in [2.75, 3.05) is 13.1 Å². The van der Waals surface area contributed by atoms with Crippen LogP contribution in [0.3, 0.4) is 0 Å². The van der Waals surface area contributed by atoms with E-state index in [2.05, 4.69) is 31.7 Å². The second-order valence-electron chi connectivity index (χ2n) is 5.76. The lowest BCUT2D eigenvalue weighted by molar-refractivity contribution is -0.131. The van der Waals surface area contributed by atoms with Crippen LogP contribution in [0.1, 0.15) is 38.2 Å². The van der Waals surface area contributed by atoms with Gasteiger partial charge >= 0.3 is 0 Å². The van der Waals surface area contributed by atoms with Gasteiger partial charge in [-0.05, 0) is 30.7 Å². The van der Waals surface area contributed by atoms with E-state index in [-0.39, 0.29) is 11.2 Å². The number of carbonyl (C=O) groups is 1. The molecule has 1 aliphatic rings. The molecule has 1 atom stereocenters. The number of thiol groups is 1. The Hall–Kier alpha value is -0.960. The van der Waals surface area contributed by atoms with Crippen molar-refractivity contribution in [1.29, 1.82) is 0 Å². The number of hydrogen-bond donors (Lipinski definition) is 1. The number of hydrogen-bond acceptors (Lipinski definition) is 2. The van der Waals surface area contributed by atoms with E-state index in [1.165, 1.54) is 18.4 Å². The summed E-state index contributed by atoms with van der Waals surface area (Å²) in [6.07, 6.45) is 5.59. The lowest BCUT2D eigenvalue weighted by Crippen LogP contribution is -2.42. The molecule has 1 unspecified atom stereocenters. The Labute approximate surface area is 128 Å². The minimum absolute atomic E-state index is 0.201. The van der Waals surface area contributed by atoms with Crippen LogP contribution in [0.5, 0.6) is 0 Å². The zero-order valence-electron chi connectivity index (χ0n) is 12.3. The van der Waals surface area contributed by atoms with Gasteiger partial charge in [0.05, 0.1) is 5.25 Å². The zero-order valence-corrected chi connectivity index (χ0v) is 13.2. The van der Waals surface area contributed by atoms with Gasteiger partial charge in [0.25, 0.3) is 0 Å². The van der Waals surface area contributed by atoms with Crippen LogP contribution in [0.2, 0.25) is 0 Å². The maximum Gasteiger partial charge on any atom is 0.235 e. The van der Waals surface area contributed by atoms with Crippen LogP contribution in [0, 0.1) is 5.92 Å². The predicted molar refractivity (Wildman–Crippen MR) is 87.1 cm³/mol. The molecule has 0 bridgehead atoms. The maximum atomic E-state index is 12.4. The second kappa shape index (κ2) is 7.72. The summed E-state index contributed by atoms with van der Waals surface area (Å²) in [6, 6.07) is 10.1. The average molecular weight is 291 g/mol. The summed E-state index contributed by atoms with van der Waals surface area (Å²) in [6.45, 7) is 4.06. The molecule has 1 aromatic carbocycles. The second-order valence-corrected chi connectivity index (χ2v) is 6.39. The van der Waals surface area contributed by atoms with E-state index in [1.54, 1.807) is 0 Å². The fraction of sp³-hybridized carbons (Fsp3) is 0.588. The molecule has 1 amide bonds. The van der Waals surface area contributed by atoms with E-state index < -0.39 is 0 Å². The highest BCUT2D eigenvalue weighted by Crippen LogP contribution is 2.23. The van der Waals surface area contributed by atoms with E-state index >= 15 is 0 Å². The van der Waals surface area contributed by atoms with Crippen LogP contribution in [0.25, 0.3) is 0 Å². The van der Waals surface area contributed by atoms with E-state index in [1.807, 2.05) is 23.1 Å². The first kappa shape index (κ1) is 15.4. The third-order valence-corrected chi connectivity index (χ3v) is 4.58. The van der Waals surface area contributed by atoms with Crippen LogP contribution in [-0.4, -0.2) is 29.1 Å². The van der Waals surface area contributed by atoms with Gasteiger partial charge in [0.1, 0.15) is 0 Å². The first-order valence-corrected chi connectivity index (χ1v) is 8.23. The SMILES string of the molecule is CCCC1CCN(C(=O)C(S)Cc2ccccc2)CC1. The Kier molecular flexibility index (Phi) is 5.96. The third-order valence-electron chi connectivity index (χ3n) is 4.18. The van der Waals surface area contributed by atoms with E-state index in [0.29, 0.717) is 0 Å². The van der Waals surface area contributed by atoms with Crippen LogP contribution in [0.4, 0.5) is 0 Å². The summed E-state index contributed by atoms with van der Waals surface area (Å²) >= 11 is 4.52. The standard InChI is InChI=1S/C17H25NOS/c1-2-6-14-9-11-18(12-10-14)17(19)16(20)13-15-7-4-3-5-8-15/h3-5,7-8,14,16,20H,2,6,9-13H2,1H3. The molecule has 1 saturated heterocycles. The minimum atomic E-state index is -0.208. The topological polar surface area (TPSA) is 20.3 Å². The molecule has 1 aromatic rings. The summed E-state index contributed by atoms with van der Waals surface area (Å²) in [5, 5.41) is -0.208. The van der Waals surface area contributed by atoms with Crippen molar-refractivity contribution < 1.29 is 4.79 Å². The molecule has 110 valence electrons. The van der Waals surface area contributed by atoms with Crippen molar-refractivity contribution in [2.24, 2.45) is 5.92 Å². The number of benzene rings is 1. The Morgan fingerprint density at radius 2 is 1.95 bits per heavy atom. The van der Waals surface area contributed by atoms with Gasteiger partial charge in [-0.3, -0.25) is 4.79 Å². The first-order chi connectivity index (χ1) is 9.70. The molecule has 0 saturated carbocycles. The number of nitrogens with zero attached hydrogens (tertiary/aromatic N) is 1. The van der Waals surface area contributed by atoms with E-state index in [0.717, 1.165) is 38.3 Å². The number of rotatable bonds is 5. The summed E-state index contributed by atoms with van der Waals surface area (Å²) in [5.74, 6) is 1.02. The highest BCUT2D eigenvalue weighted by atomic mass is 32.1. The largest absolute Gasteiger partial charge is 0.342 e. The molecule has 2 rings (SSSR count). The quantitative estimate of drug-likeness (QED) is 0.822. The fourth-order valence-electron chi connectivity index (χ4n) is 2.99. The maximum absolute atomic E-state index is 12.4. The molecule has 3 heteroatoms. The Bertz CT molecular complexity index is 412. The van der Waals surface area contributed by atoms with Crippen LogP contribution < -0.4 is 0 Å². The minimum Gasteiger partial charge on any atom is -0.342 e. The highest BCUT2D eigenvalue weighted by molar-refractivity contribution is 7.81. The van der Waals surface area contributed by atoms with Gasteiger partial charge in [-0.1, -0.05) is 50.1 Å². The Morgan fingerprint density at radius 3 is 2.55 bits per heavy atom. The van der Waals surface area contributed by atoms with E-state index in [9.17, 15) is 4.79 Å². The first-order valence-electron chi connectivity index (χ1n) is 7.71. The molecule has 0 radical (unpaired) electrons. The number of piperidine rings is 1. The fourth-order valence-corrected chi connectivity index (χ4v) is 3.36. The lowest BCUT2D eigenvalue weighted by atomic mass is 9.92. The smallest absolute Gasteiger partial charge is 0.235 e. The van der Waals surface area contributed by atoms with Gasteiger partial charge in [-0.15, -0.1) is 0 Å². The van der Waals surface area contributed by atoms with Gasteiger partial charge in [-0.2, -0.15) is 12.6 Å². The van der Waals surface area contributed by atoms with Gasteiger partial charge in [0.2, 0.25) is 5.91 Å². The molecule has 1 fully saturated rings. The van der Waals surface area contributed by atoms with Crippen molar-refractivity contribution in [3.8, 4) is 0 Å². The highest BCUT2D eigenvalue weighted by Gasteiger charge is 2.26. The Morgan fingerprint density at radius 1 is 1.30 bits per heavy atom. The van der Waals surface area contributed by atoms with Crippen LogP contribution in [0.15, 0.2) is 30.3 Å². The molecule has 0 aromatic heterocycles. The molecule has 20 heavy (non-hydrogen) atoms. The van der Waals surface area contributed by atoms with Gasteiger partial charge in [-0.25, -0.2) is 0 Å². The molecule has 1 heterocycles. The number of amides is 1. The van der Waals surface area contributed by atoms with Gasteiger partial charge in [0.15, 0.2) is 0 Å². The van der Waals surface area contributed by atoms with Crippen molar-refractivity contribution in [1.82, 2.24) is 4.90 Å². The lowest BCUT2D eigenvalue weighted by Gasteiger charge is -2.33. The van der Waals surface area contributed by atoms with Crippen molar-refractivity contribution in [3.05, 3.63) is 35.9 Å². The summed E-state index contributed by atoms with van der Waals surface area (Å²) < 4.78 is 0. The molecular weight excluding hydrogens is 266 g/mol. The third kappa shape index (κ3) is 4.27.